The Labute approximate surface area is 73.7 Å². The second-order valence-corrected chi connectivity index (χ2v) is 3.21. The lowest BCUT2D eigenvalue weighted by molar-refractivity contribution is 0.629. The van der Waals surface area contributed by atoms with Crippen LogP contribution in [0.1, 0.15) is 5.56 Å². The van der Waals surface area contributed by atoms with E-state index in [1.807, 2.05) is 13.0 Å². The molecule has 0 fully saturated rings. The molecule has 1 nitrogen and oxygen atoms in total. The zero-order valence-electron chi connectivity index (χ0n) is 6.41. The molecule has 0 aliphatic carbocycles. The fraction of sp³-hybridized carbons (Fsp3) is 0.250. The minimum Gasteiger partial charge on any atom is -0.385 e. The summed E-state index contributed by atoms with van der Waals surface area (Å²) in [6.07, 6.45) is 0. The zero-order chi connectivity index (χ0) is 8.43. The molecule has 0 aromatic heterocycles. The number of hydrogen-bond donors (Lipinski definition) is 1. The van der Waals surface area contributed by atoms with Gasteiger partial charge in [-0.2, -0.15) is 0 Å². The zero-order valence-corrected chi connectivity index (χ0v) is 8.00. The summed E-state index contributed by atoms with van der Waals surface area (Å²) in [7, 11) is 1.69. The fourth-order valence-electron chi connectivity index (χ4n) is 0.939. The van der Waals surface area contributed by atoms with Gasteiger partial charge in [-0.15, -0.1) is 0 Å². The maximum atomic E-state index is 13.0. The third-order valence-corrected chi connectivity index (χ3v) is 2.06. The average molecular weight is 218 g/mol. The Bertz CT molecular complexity index is 250. The van der Waals surface area contributed by atoms with Crippen molar-refractivity contribution in [2.45, 2.75) is 6.92 Å². The minimum absolute atomic E-state index is 0.223. The summed E-state index contributed by atoms with van der Waals surface area (Å²) in [5.74, 6) is -0.223. The van der Waals surface area contributed by atoms with E-state index in [2.05, 4.69) is 21.2 Å². The molecule has 60 valence electrons. The summed E-state index contributed by atoms with van der Waals surface area (Å²) in [5, 5.41) is 2.77. The number of aryl methyl sites for hydroxylation is 1. The van der Waals surface area contributed by atoms with Gasteiger partial charge in [0.1, 0.15) is 5.82 Å². The van der Waals surface area contributed by atoms with E-state index >= 15 is 0 Å². The van der Waals surface area contributed by atoms with Gasteiger partial charge < -0.3 is 5.32 Å². The maximum absolute atomic E-state index is 13.0. The minimum atomic E-state index is -0.223. The van der Waals surface area contributed by atoms with Crippen LogP contribution in [0, 0.1) is 12.7 Å². The molecule has 1 N–H and O–H groups in total. The summed E-state index contributed by atoms with van der Waals surface area (Å²) in [6, 6.07) is 3.37. The molecule has 0 saturated heterocycles. The lowest BCUT2D eigenvalue weighted by Gasteiger charge is -2.05. The van der Waals surface area contributed by atoms with Gasteiger partial charge in [-0.1, -0.05) is 0 Å². The summed E-state index contributed by atoms with van der Waals surface area (Å²) < 4.78 is 13.8. The van der Waals surface area contributed by atoms with Crippen LogP contribution in [0.3, 0.4) is 0 Å². The lowest BCUT2D eigenvalue weighted by Crippen LogP contribution is -1.94. The smallest absolute Gasteiger partial charge is 0.147 e. The summed E-state index contributed by atoms with van der Waals surface area (Å²) in [6.45, 7) is 1.85. The summed E-state index contributed by atoms with van der Waals surface area (Å²) in [5.41, 5.74) is 1.42. The molecule has 1 aromatic rings. The number of nitrogens with one attached hydrogen (secondary N) is 1. The third kappa shape index (κ3) is 1.71. The number of hydrogen-bond acceptors (Lipinski definition) is 1. The van der Waals surface area contributed by atoms with E-state index in [0.29, 0.717) is 5.69 Å². The van der Waals surface area contributed by atoms with E-state index in [0.717, 1.165) is 10.0 Å². The first-order valence-electron chi connectivity index (χ1n) is 3.28. The molecule has 0 radical (unpaired) electrons. The van der Waals surface area contributed by atoms with Gasteiger partial charge in [0, 0.05) is 11.5 Å². The van der Waals surface area contributed by atoms with Gasteiger partial charge >= 0.3 is 0 Å². The van der Waals surface area contributed by atoms with Crippen molar-refractivity contribution in [3.05, 3.63) is 28.0 Å². The highest BCUT2D eigenvalue weighted by molar-refractivity contribution is 9.10. The Morgan fingerprint density at radius 2 is 2.09 bits per heavy atom. The first kappa shape index (κ1) is 8.53. The van der Waals surface area contributed by atoms with Gasteiger partial charge in [-0.3, -0.25) is 0 Å². The van der Waals surface area contributed by atoms with Gasteiger partial charge in [0.25, 0.3) is 0 Å². The van der Waals surface area contributed by atoms with E-state index in [4.69, 9.17) is 0 Å². The highest BCUT2D eigenvalue weighted by Gasteiger charge is 2.04. The SMILES string of the molecule is CNc1c(F)cc(C)cc1Br. The van der Waals surface area contributed by atoms with Crippen molar-refractivity contribution in [3.8, 4) is 0 Å². The quantitative estimate of drug-likeness (QED) is 0.764. The first-order valence-corrected chi connectivity index (χ1v) is 4.08. The Balaban J connectivity index is 3.25. The monoisotopic (exact) mass is 217 g/mol. The topological polar surface area (TPSA) is 12.0 Å². The van der Waals surface area contributed by atoms with Crippen molar-refractivity contribution < 1.29 is 4.39 Å². The molecule has 0 unspecified atom stereocenters. The van der Waals surface area contributed by atoms with E-state index in [1.54, 1.807) is 7.05 Å². The standard InChI is InChI=1S/C8H9BrFN/c1-5-3-6(9)8(11-2)7(10)4-5/h3-4,11H,1-2H3. The van der Waals surface area contributed by atoms with Crippen molar-refractivity contribution in [2.24, 2.45) is 0 Å². The molecule has 0 amide bonds. The molecule has 1 aromatic carbocycles. The normalized spacial score (nSPS) is 9.82. The highest BCUT2D eigenvalue weighted by atomic mass is 79.9. The number of halogens is 2. The van der Waals surface area contributed by atoms with Crippen molar-refractivity contribution in [1.82, 2.24) is 0 Å². The molecule has 0 aliphatic rings. The maximum Gasteiger partial charge on any atom is 0.147 e. The van der Waals surface area contributed by atoms with Crippen molar-refractivity contribution >= 4 is 21.6 Å². The van der Waals surface area contributed by atoms with Gasteiger partial charge in [-0.25, -0.2) is 4.39 Å². The molecular weight excluding hydrogens is 209 g/mol. The predicted molar refractivity (Wildman–Crippen MR) is 48.4 cm³/mol. The molecule has 0 spiro atoms. The second kappa shape index (κ2) is 3.22. The number of rotatable bonds is 1. The van der Waals surface area contributed by atoms with E-state index in [1.165, 1.54) is 6.07 Å². The molecule has 1 rings (SSSR count). The largest absolute Gasteiger partial charge is 0.385 e. The van der Waals surface area contributed by atoms with Crippen molar-refractivity contribution in [2.75, 3.05) is 12.4 Å². The molecular formula is C8H9BrFN. The van der Waals surface area contributed by atoms with Crippen LogP contribution in [-0.2, 0) is 0 Å². The van der Waals surface area contributed by atoms with Crippen LogP contribution >= 0.6 is 15.9 Å². The van der Waals surface area contributed by atoms with Crippen molar-refractivity contribution in [3.63, 3.8) is 0 Å². The molecule has 0 aliphatic heterocycles. The third-order valence-electron chi connectivity index (χ3n) is 1.44. The van der Waals surface area contributed by atoms with Crippen LogP contribution in [0.5, 0.6) is 0 Å². The van der Waals surface area contributed by atoms with Gasteiger partial charge in [0.05, 0.1) is 5.69 Å². The van der Waals surface area contributed by atoms with E-state index < -0.39 is 0 Å². The fourth-order valence-corrected chi connectivity index (χ4v) is 1.69. The summed E-state index contributed by atoms with van der Waals surface area (Å²) >= 11 is 3.26. The molecule has 3 heteroatoms. The summed E-state index contributed by atoms with van der Waals surface area (Å²) in [4.78, 5) is 0. The van der Waals surface area contributed by atoms with Crippen LogP contribution < -0.4 is 5.32 Å². The van der Waals surface area contributed by atoms with Crippen LogP contribution in [0.25, 0.3) is 0 Å². The highest BCUT2D eigenvalue weighted by Crippen LogP contribution is 2.26. The first-order chi connectivity index (χ1) is 5.15. The Hall–Kier alpha value is -0.570. The molecule has 0 saturated carbocycles. The Morgan fingerprint density at radius 3 is 2.55 bits per heavy atom. The van der Waals surface area contributed by atoms with Gasteiger partial charge in [0.15, 0.2) is 0 Å². The average Bonchev–Trinajstić information content (AvgIpc) is 1.85. The molecule has 0 bridgehead atoms. The number of benzene rings is 1. The van der Waals surface area contributed by atoms with E-state index in [-0.39, 0.29) is 5.82 Å². The van der Waals surface area contributed by atoms with Crippen LogP contribution in [0.15, 0.2) is 16.6 Å². The second-order valence-electron chi connectivity index (χ2n) is 2.35. The molecule has 0 atom stereocenters. The molecule has 0 heterocycles. The Morgan fingerprint density at radius 1 is 1.45 bits per heavy atom. The lowest BCUT2D eigenvalue weighted by atomic mass is 10.2. The van der Waals surface area contributed by atoms with Crippen LogP contribution in [0.2, 0.25) is 0 Å². The molecule has 11 heavy (non-hydrogen) atoms. The Kier molecular flexibility index (Phi) is 2.49. The van der Waals surface area contributed by atoms with Crippen molar-refractivity contribution in [1.29, 1.82) is 0 Å². The van der Waals surface area contributed by atoms with Gasteiger partial charge in [0.2, 0.25) is 0 Å². The predicted octanol–water partition coefficient (Wildman–Crippen LogP) is 2.94. The van der Waals surface area contributed by atoms with E-state index in [9.17, 15) is 4.39 Å². The number of anilines is 1. The van der Waals surface area contributed by atoms with Gasteiger partial charge in [-0.05, 0) is 40.5 Å². The van der Waals surface area contributed by atoms with Crippen LogP contribution in [-0.4, -0.2) is 7.05 Å². The van der Waals surface area contributed by atoms with Crippen LogP contribution in [0.4, 0.5) is 10.1 Å².